The zero-order valence-electron chi connectivity index (χ0n) is 7.60. The minimum atomic E-state index is 0.480. The molecular weight excluding hydrogens is 228 g/mol. The number of aromatic nitrogens is 2. The number of nitrogen functional groups attached to an aromatic ring is 1. The Balaban J connectivity index is 2.92. The lowest BCUT2D eigenvalue weighted by Gasteiger charge is -2.02. The van der Waals surface area contributed by atoms with Gasteiger partial charge < -0.3 is 5.73 Å². The molecule has 74 valence electrons. The average molecular weight is 235 g/mol. The van der Waals surface area contributed by atoms with Gasteiger partial charge in [-0.15, -0.1) is 10.2 Å². The second kappa shape index (κ2) is 3.97. The first-order chi connectivity index (χ1) is 7.26. The van der Waals surface area contributed by atoms with Crippen LogP contribution in [0.25, 0.3) is 10.8 Å². The number of benzene rings is 1. The third kappa shape index (κ3) is 1.72. The van der Waals surface area contributed by atoms with Gasteiger partial charge in [0.15, 0.2) is 11.6 Å². The first-order valence-electron chi connectivity index (χ1n) is 4.07. The monoisotopic (exact) mass is 235 g/mol. The van der Waals surface area contributed by atoms with E-state index < -0.39 is 0 Å². The van der Waals surface area contributed by atoms with Crippen LogP contribution in [0.1, 0.15) is 0 Å². The molecule has 7 heteroatoms. The number of hydrogen-bond donors (Lipinski definition) is 1. The normalized spacial score (nSPS) is 10.1. The van der Waals surface area contributed by atoms with Crippen molar-refractivity contribution in [3.63, 3.8) is 0 Å². The molecule has 0 saturated carbocycles. The van der Waals surface area contributed by atoms with Gasteiger partial charge in [0.05, 0.1) is 0 Å². The molecular formula is C8H7N5P2. The van der Waals surface area contributed by atoms with E-state index in [0.29, 0.717) is 17.3 Å². The highest BCUT2D eigenvalue weighted by Crippen LogP contribution is 2.31. The molecule has 0 saturated heterocycles. The van der Waals surface area contributed by atoms with Gasteiger partial charge in [0, 0.05) is 16.5 Å². The molecule has 1 aromatic carbocycles. The summed E-state index contributed by atoms with van der Waals surface area (Å²) in [6.07, 6.45) is 0. The van der Waals surface area contributed by atoms with Gasteiger partial charge in [-0.1, -0.05) is 0 Å². The highest BCUT2D eigenvalue weighted by Gasteiger charge is 2.07. The summed E-state index contributed by atoms with van der Waals surface area (Å²) in [5.74, 6) is 0.980. The molecule has 2 N–H and O–H groups in total. The number of fused-ring (bicyclic) bond motifs is 1. The molecule has 0 unspecified atom stereocenters. The van der Waals surface area contributed by atoms with Crippen LogP contribution in [0.5, 0.6) is 0 Å². The van der Waals surface area contributed by atoms with Crippen LogP contribution in [0.2, 0.25) is 0 Å². The van der Waals surface area contributed by atoms with E-state index in [-0.39, 0.29) is 0 Å². The fraction of sp³-hybridized carbons (Fsp3) is 0. The number of nitrogens with two attached hydrogens (primary N) is 1. The Kier molecular flexibility index (Phi) is 2.67. The minimum absolute atomic E-state index is 0.480. The van der Waals surface area contributed by atoms with Gasteiger partial charge in [-0.3, -0.25) is 0 Å². The Morgan fingerprint density at radius 1 is 1.00 bits per heavy atom. The summed E-state index contributed by atoms with van der Waals surface area (Å²) in [6, 6.07) is 5.39. The van der Waals surface area contributed by atoms with E-state index in [9.17, 15) is 0 Å². The van der Waals surface area contributed by atoms with Crippen LogP contribution in [-0.2, 0) is 0 Å². The molecule has 0 bridgehead atoms. The first kappa shape index (κ1) is 10.1. The van der Waals surface area contributed by atoms with Crippen molar-refractivity contribution in [2.75, 3.05) is 5.73 Å². The van der Waals surface area contributed by atoms with Crippen molar-refractivity contribution in [2.24, 2.45) is 9.49 Å². The van der Waals surface area contributed by atoms with Crippen molar-refractivity contribution in [3.8, 4) is 0 Å². The standard InChI is InChI=1S/C8H7N5P2/c9-4-1-2-5-6(3-4)8(13-15)11-10-7(5)12-14/h1-3,14-15H,9H2. The Bertz CT molecular complexity index is 554. The van der Waals surface area contributed by atoms with Crippen molar-refractivity contribution in [1.29, 1.82) is 0 Å². The van der Waals surface area contributed by atoms with Gasteiger partial charge >= 0.3 is 0 Å². The molecule has 0 radical (unpaired) electrons. The lowest BCUT2D eigenvalue weighted by atomic mass is 10.1. The quantitative estimate of drug-likeness (QED) is 0.641. The van der Waals surface area contributed by atoms with Crippen molar-refractivity contribution in [2.45, 2.75) is 0 Å². The van der Waals surface area contributed by atoms with E-state index in [1.807, 2.05) is 6.07 Å². The Morgan fingerprint density at radius 3 is 2.20 bits per heavy atom. The SMILES string of the molecule is Nc1ccc2c(N=P)nnc(N=P)c2c1. The lowest BCUT2D eigenvalue weighted by Crippen LogP contribution is -1.88. The highest BCUT2D eigenvalue weighted by atomic mass is 31.0. The van der Waals surface area contributed by atoms with Gasteiger partial charge in [-0.25, -0.2) is 9.49 Å². The maximum absolute atomic E-state index is 5.69. The molecule has 0 aliphatic heterocycles. The summed E-state index contributed by atoms with van der Waals surface area (Å²) in [6.45, 7) is 0. The molecule has 1 aromatic heterocycles. The summed E-state index contributed by atoms with van der Waals surface area (Å²) in [4.78, 5) is 0. The van der Waals surface area contributed by atoms with E-state index in [1.165, 1.54) is 0 Å². The van der Waals surface area contributed by atoms with E-state index in [2.05, 4.69) is 37.8 Å². The third-order valence-corrected chi connectivity index (χ3v) is 2.40. The molecule has 0 aliphatic carbocycles. The summed E-state index contributed by atoms with van der Waals surface area (Å²) in [7, 11) is 6.08. The highest BCUT2D eigenvalue weighted by molar-refractivity contribution is 7.04. The van der Waals surface area contributed by atoms with Gasteiger partial charge in [0.25, 0.3) is 0 Å². The maximum Gasteiger partial charge on any atom is 0.186 e. The van der Waals surface area contributed by atoms with Gasteiger partial charge in [-0.2, -0.15) is 0 Å². The molecule has 5 nitrogen and oxygen atoms in total. The van der Waals surface area contributed by atoms with Gasteiger partial charge in [-0.05, 0) is 36.3 Å². The summed E-state index contributed by atoms with van der Waals surface area (Å²) >= 11 is 0. The van der Waals surface area contributed by atoms with Crippen molar-refractivity contribution >= 4 is 46.2 Å². The van der Waals surface area contributed by atoms with E-state index >= 15 is 0 Å². The fourth-order valence-corrected chi connectivity index (χ4v) is 1.64. The largest absolute Gasteiger partial charge is 0.399 e. The molecule has 0 fully saturated rings. The Labute approximate surface area is 90.3 Å². The van der Waals surface area contributed by atoms with Crippen LogP contribution >= 0.6 is 18.1 Å². The molecule has 0 amide bonds. The molecule has 1 heterocycles. The van der Waals surface area contributed by atoms with E-state index in [1.54, 1.807) is 12.1 Å². The number of anilines is 1. The zero-order valence-corrected chi connectivity index (χ0v) is 9.60. The van der Waals surface area contributed by atoms with Gasteiger partial charge in [0.2, 0.25) is 0 Å². The molecule has 2 aromatic rings. The molecule has 0 aliphatic rings. The summed E-state index contributed by atoms with van der Waals surface area (Å²) in [5.41, 5.74) is 6.34. The minimum Gasteiger partial charge on any atom is -0.399 e. The van der Waals surface area contributed by atoms with Crippen molar-refractivity contribution in [1.82, 2.24) is 10.2 Å². The molecule has 15 heavy (non-hydrogen) atoms. The van der Waals surface area contributed by atoms with E-state index in [4.69, 9.17) is 5.73 Å². The fourth-order valence-electron chi connectivity index (χ4n) is 1.31. The summed E-state index contributed by atoms with van der Waals surface area (Å²) in [5, 5.41) is 9.43. The third-order valence-electron chi connectivity index (χ3n) is 1.98. The smallest absolute Gasteiger partial charge is 0.186 e. The first-order valence-corrected chi connectivity index (χ1v) is 4.96. The predicted octanol–water partition coefficient (Wildman–Crippen LogP) is 3.13. The second-order valence-electron chi connectivity index (χ2n) is 2.88. The maximum atomic E-state index is 5.69. The Hall–Kier alpha value is -1.44. The van der Waals surface area contributed by atoms with Crippen molar-refractivity contribution in [3.05, 3.63) is 18.2 Å². The molecule has 2 rings (SSSR count). The van der Waals surface area contributed by atoms with E-state index in [0.717, 1.165) is 10.8 Å². The molecule has 0 spiro atoms. The van der Waals surface area contributed by atoms with Crippen LogP contribution in [-0.4, -0.2) is 10.2 Å². The van der Waals surface area contributed by atoms with Crippen LogP contribution in [0.3, 0.4) is 0 Å². The van der Waals surface area contributed by atoms with Crippen molar-refractivity contribution < 1.29 is 0 Å². The van der Waals surface area contributed by atoms with Crippen LogP contribution < -0.4 is 5.73 Å². The Morgan fingerprint density at radius 2 is 1.60 bits per heavy atom. The molecule has 0 atom stereocenters. The topological polar surface area (TPSA) is 76.5 Å². The van der Waals surface area contributed by atoms with Crippen LogP contribution in [0.4, 0.5) is 17.3 Å². The number of nitrogens with zero attached hydrogens (tertiary/aromatic N) is 4. The van der Waals surface area contributed by atoms with Gasteiger partial charge in [0.1, 0.15) is 0 Å². The van der Waals surface area contributed by atoms with Crippen LogP contribution in [0, 0.1) is 0 Å². The zero-order chi connectivity index (χ0) is 10.8. The lowest BCUT2D eigenvalue weighted by molar-refractivity contribution is 1.04. The number of rotatable bonds is 2. The average Bonchev–Trinajstić information content (AvgIpc) is 2.27. The predicted molar refractivity (Wildman–Crippen MR) is 64.8 cm³/mol. The number of hydrogen-bond acceptors (Lipinski definition) is 5. The second-order valence-corrected chi connectivity index (χ2v) is 3.32. The van der Waals surface area contributed by atoms with Crippen LogP contribution in [0.15, 0.2) is 27.7 Å². The summed E-state index contributed by atoms with van der Waals surface area (Å²) < 4.78 is 7.67.